The van der Waals surface area contributed by atoms with Gasteiger partial charge in [-0.25, -0.2) is 0 Å². The van der Waals surface area contributed by atoms with Crippen LogP contribution in [0.2, 0.25) is 0 Å². The molecule has 4 rings (SSSR count). The van der Waals surface area contributed by atoms with E-state index in [4.69, 9.17) is 12.2 Å². The molecule has 0 saturated carbocycles. The molecule has 1 saturated heterocycles. The Balaban J connectivity index is 1.46. The fourth-order valence-electron chi connectivity index (χ4n) is 4.02. The lowest BCUT2D eigenvalue weighted by Gasteiger charge is -2.32. The number of hydrogen-bond acceptors (Lipinski definition) is 4. The van der Waals surface area contributed by atoms with Crippen LogP contribution < -0.4 is 0 Å². The predicted octanol–water partition coefficient (Wildman–Crippen LogP) is 4.35. The first-order valence-electron chi connectivity index (χ1n) is 10.1. The van der Waals surface area contributed by atoms with E-state index >= 15 is 0 Å². The standard InChI is InChI=1S/C22H25N5OS/c1-3-27-20(24-25-22(27)29)17-11-13-26(14-12-17)21(28)18-9-10-19(23-15(18)2)16-7-5-4-6-8-16/h4-10,17H,3,11-14H2,1-2H3,(H,25,29). The zero-order valence-electron chi connectivity index (χ0n) is 16.8. The monoisotopic (exact) mass is 407 g/mol. The van der Waals surface area contributed by atoms with E-state index in [0.29, 0.717) is 29.3 Å². The maximum Gasteiger partial charge on any atom is 0.255 e. The predicted molar refractivity (Wildman–Crippen MR) is 115 cm³/mol. The number of nitrogens with one attached hydrogen (secondary N) is 1. The number of likely N-dealkylation sites (tertiary alicyclic amines) is 1. The molecule has 0 bridgehead atoms. The van der Waals surface area contributed by atoms with Crippen LogP contribution in [-0.2, 0) is 6.54 Å². The molecular formula is C22H25N5OS. The first-order valence-corrected chi connectivity index (χ1v) is 10.5. The average molecular weight is 408 g/mol. The van der Waals surface area contributed by atoms with E-state index in [9.17, 15) is 4.79 Å². The summed E-state index contributed by atoms with van der Waals surface area (Å²) in [4.78, 5) is 19.7. The summed E-state index contributed by atoms with van der Waals surface area (Å²) in [6.45, 7) is 6.22. The molecule has 1 aliphatic rings. The summed E-state index contributed by atoms with van der Waals surface area (Å²) in [5, 5.41) is 7.32. The number of piperidine rings is 1. The minimum atomic E-state index is 0.0578. The van der Waals surface area contributed by atoms with Gasteiger partial charge in [-0.15, -0.1) is 0 Å². The first-order chi connectivity index (χ1) is 14.1. The fraction of sp³-hybridized carbons (Fsp3) is 0.364. The van der Waals surface area contributed by atoms with Crippen molar-refractivity contribution in [1.29, 1.82) is 0 Å². The highest BCUT2D eigenvalue weighted by molar-refractivity contribution is 7.71. The Bertz CT molecular complexity index is 1060. The van der Waals surface area contributed by atoms with E-state index in [0.717, 1.165) is 42.2 Å². The maximum absolute atomic E-state index is 13.1. The van der Waals surface area contributed by atoms with Crippen molar-refractivity contribution in [3.8, 4) is 11.3 Å². The van der Waals surface area contributed by atoms with Gasteiger partial charge in [-0.3, -0.25) is 14.9 Å². The van der Waals surface area contributed by atoms with Gasteiger partial charge in [-0.2, -0.15) is 5.10 Å². The van der Waals surface area contributed by atoms with Gasteiger partial charge in [-0.05, 0) is 51.0 Å². The van der Waals surface area contributed by atoms with Crippen LogP contribution in [0.3, 0.4) is 0 Å². The van der Waals surface area contributed by atoms with E-state index in [1.54, 1.807) is 0 Å². The number of rotatable bonds is 4. The highest BCUT2D eigenvalue weighted by Gasteiger charge is 2.28. The molecule has 3 aromatic rings. The molecule has 0 aliphatic carbocycles. The van der Waals surface area contributed by atoms with E-state index in [1.165, 1.54) is 0 Å². The smallest absolute Gasteiger partial charge is 0.255 e. The van der Waals surface area contributed by atoms with Gasteiger partial charge in [0.25, 0.3) is 5.91 Å². The first kappa shape index (κ1) is 19.5. The number of amides is 1. The molecule has 0 radical (unpaired) electrons. The van der Waals surface area contributed by atoms with Crippen LogP contribution in [0.4, 0.5) is 0 Å². The van der Waals surface area contributed by atoms with Crippen LogP contribution in [0.1, 0.15) is 47.6 Å². The molecule has 0 unspecified atom stereocenters. The van der Waals surface area contributed by atoms with Crippen molar-refractivity contribution < 1.29 is 4.79 Å². The fourth-order valence-corrected chi connectivity index (χ4v) is 4.28. The number of H-pyrrole nitrogens is 1. The summed E-state index contributed by atoms with van der Waals surface area (Å²) in [5.41, 5.74) is 3.39. The van der Waals surface area contributed by atoms with Gasteiger partial charge in [0, 0.05) is 31.1 Å². The lowest BCUT2D eigenvalue weighted by Crippen LogP contribution is -2.38. The Morgan fingerprint density at radius 3 is 2.55 bits per heavy atom. The van der Waals surface area contributed by atoms with Gasteiger partial charge in [0.1, 0.15) is 5.82 Å². The molecule has 29 heavy (non-hydrogen) atoms. The zero-order chi connectivity index (χ0) is 20.4. The number of nitrogens with zero attached hydrogens (tertiary/aromatic N) is 4. The summed E-state index contributed by atoms with van der Waals surface area (Å²) in [6.07, 6.45) is 1.78. The number of carbonyl (C=O) groups is 1. The van der Waals surface area contributed by atoms with Gasteiger partial charge in [0.15, 0.2) is 4.77 Å². The van der Waals surface area contributed by atoms with Crippen LogP contribution in [0.25, 0.3) is 11.3 Å². The van der Waals surface area contributed by atoms with Gasteiger partial charge in [0.2, 0.25) is 0 Å². The lowest BCUT2D eigenvalue weighted by molar-refractivity contribution is 0.0709. The number of aromatic nitrogens is 4. The van der Waals surface area contributed by atoms with Crippen LogP contribution in [0, 0.1) is 11.7 Å². The summed E-state index contributed by atoms with van der Waals surface area (Å²) >= 11 is 5.30. The summed E-state index contributed by atoms with van der Waals surface area (Å²) < 4.78 is 2.72. The molecule has 150 valence electrons. The number of hydrogen-bond donors (Lipinski definition) is 1. The average Bonchev–Trinajstić information content (AvgIpc) is 3.14. The number of carbonyl (C=O) groups excluding carboxylic acids is 1. The highest BCUT2D eigenvalue weighted by atomic mass is 32.1. The van der Waals surface area contributed by atoms with Crippen LogP contribution in [0.15, 0.2) is 42.5 Å². The van der Waals surface area contributed by atoms with Crippen LogP contribution in [-0.4, -0.2) is 43.6 Å². The van der Waals surface area contributed by atoms with E-state index in [2.05, 4.69) is 22.1 Å². The Morgan fingerprint density at radius 2 is 1.90 bits per heavy atom. The van der Waals surface area contributed by atoms with Crippen molar-refractivity contribution in [2.75, 3.05) is 13.1 Å². The Morgan fingerprint density at radius 1 is 1.17 bits per heavy atom. The van der Waals surface area contributed by atoms with E-state index < -0.39 is 0 Å². The van der Waals surface area contributed by atoms with Crippen molar-refractivity contribution in [2.45, 2.75) is 39.2 Å². The van der Waals surface area contributed by atoms with Gasteiger partial charge >= 0.3 is 0 Å². The SMILES string of the molecule is CCn1c(C2CCN(C(=O)c3ccc(-c4ccccc4)nc3C)CC2)n[nH]c1=S. The van der Waals surface area contributed by atoms with Crippen LogP contribution >= 0.6 is 12.2 Å². The largest absolute Gasteiger partial charge is 0.339 e. The third-order valence-corrected chi connectivity index (χ3v) is 5.95. The number of aryl methyl sites for hydroxylation is 1. The molecular weight excluding hydrogens is 382 g/mol. The summed E-state index contributed by atoms with van der Waals surface area (Å²) in [6, 6.07) is 13.9. The minimum absolute atomic E-state index is 0.0578. The van der Waals surface area contributed by atoms with Crippen molar-refractivity contribution in [3.05, 3.63) is 64.3 Å². The molecule has 2 aromatic heterocycles. The van der Waals surface area contributed by atoms with Crippen LogP contribution in [0.5, 0.6) is 0 Å². The second-order valence-electron chi connectivity index (χ2n) is 7.39. The van der Waals surface area contributed by atoms with Gasteiger partial charge in [0.05, 0.1) is 17.0 Å². The second kappa shape index (κ2) is 8.29. The minimum Gasteiger partial charge on any atom is -0.339 e. The molecule has 0 atom stereocenters. The third kappa shape index (κ3) is 3.87. The molecule has 3 heterocycles. The topological polar surface area (TPSA) is 66.8 Å². The molecule has 1 aliphatic heterocycles. The molecule has 6 nitrogen and oxygen atoms in total. The number of aromatic amines is 1. The summed E-state index contributed by atoms with van der Waals surface area (Å²) in [5.74, 6) is 1.39. The van der Waals surface area contributed by atoms with E-state index in [-0.39, 0.29) is 5.91 Å². The lowest BCUT2D eigenvalue weighted by atomic mass is 9.95. The van der Waals surface area contributed by atoms with E-state index in [1.807, 2.05) is 58.9 Å². The maximum atomic E-state index is 13.1. The molecule has 1 N–H and O–H groups in total. The molecule has 0 spiro atoms. The zero-order valence-corrected chi connectivity index (χ0v) is 17.6. The molecule has 7 heteroatoms. The van der Waals surface area contributed by atoms with Crippen molar-refractivity contribution in [2.24, 2.45) is 0 Å². The molecule has 1 amide bonds. The number of benzene rings is 1. The quantitative estimate of drug-likeness (QED) is 0.653. The Labute approximate surface area is 175 Å². The Hall–Kier alpha value is -2.80. The summed E-state index contributed by atoms with van der Waals surface area (Å²) in [7, 11) is 0. The molecule has 1 fully saturated rings. The second-order valence-corrected chi connectivity index (χ2v) is 7.78. The third-order valence-electron chi connectivity index (χ3n) is 5.64. The highest BCUT2D eigenvalue weighted by Crippen LogP contribution is 2.28. The molecule has 1 aromatic carbocycles. The Kier molecular flexibility index (Phi) is 5.58. The normalized spacial score (nSPS) is 14.9. The van der Waals surface area contributed by atoms with Crippen molar-refractivity contribution >= 4 is 18.1 Å². The number of pyridine rings is 1. The van der Waals surface area contributed by atoms with Gasteiger partial charge in [-0.1, -0.05) is 30.3 Å². The van der Waals surface area contributed by atoms with Crippen molar-refractivity contribution in [3.63, 3.8) is 0 Å². The van der Waals surface area contributed by atoms with Crippen molar-refractivity contribution in [1.82, 2.24) is 24.6 Å². The van der Waals surface area contributed by atoms with Gasteiger partial charge < -0.3 is 9.47 Å².